The molecule has 1 aromatic heterocycles. The van der Waals surface area contributed by atoms with Gasteiger partial charge in [-0.15, -0.1) is 0 Å². The van der Waals surface area contributed by atoms with E-state index in [1.165, 1.54) is 11.8 Å². The molecule has 0 saturated carbocycles. The highest BCUT2D eigenvalue weighted by atomic mass is 35.5. The lowest BCUT2D eigenvalue weighted by Gasteiger charge is -2.18. The fourth-order valence-corrected chi connectivity index (χ4v) is 2.50. The maximum Gasteiger partial charge on any atom is 0.271 e. The highest BCUT2D eigenvalue weighted by molar-refractivity contribution is 6.33. The first-order valence-electron chi connectivity index (χ1n) is 7.15. The van der Waals surface area contributed by atoms with E-state index in [1.54, 1.807) is 4.68 Å². The molecular weight excluding hydrogens is 286 g/mol. The van der Waals surface area contributed by atoms with Gasteiger partial charge in [0, 0.05) is 6.54 Å². The summed E-state index contributed by atoms with van der Waals surface area (Å²) in [6.45, 7) is 6.63. The Labute approximate surface area is 130 Å². The quantitative estimate of drug-likeness (QED) is 0.914. The summed E-state index contributed by atoms with van der Waals surface area (Å²) >= 11 is 6.07. The van der Waals surface area contributed by atoms with E-state index in [2.05, 4.69) is 10.4 Å². The number of hydrogen-bond donors (Lipinski definition) is 1. The van der Waals surface area contributed by atoms with Gasteiger partial charge in [0.2, 0.25) is 0 Å². The molecule has 0 spiro atoms. The second-order valence-electron chi connectivity index (χ2n) is 5.00. The average molecular weight is 306 g/mol. The van der Waals surface area contributed by atoms with E-state index in [1.807, 2.05) is 45.0 Å². The largest absolute Gasteiger partial charge is 0.344 e. The van der Waals surface area contributed by atoms with Crippen LogP contribution in [0, 0.1) is 6.92 Å². The third kappa shape index (κ3) is 3.45. The maximum absolute atomic E-state index is 12.5. The Kier molecular flexibility index (Phi) is 5.02. The number of amides is 1. The van der Waals surface area contributed by atoms with Crippen LogP contribution in [-0.4, -0.2) is 15.7 Å². The molecule has 2 aromatic rings. The SMILES string of the molecule is CCC(NC(=O)c1c(Cl)cnn1CC)c1ccc(C)cc1. The number of rotatable bonds is 5. The number of nitrogens with one attached hydrogen (secondary N) is 1. The van der Waals surface area contributed by atoms with Crippen molar-refractivity contribution in [3.63, 3.8) is 0 Å². The van der Waals surface area contributed by atoms with E-state index in [-0.39, 0.29) is 11.9 Å². The molecule has 4 nitrogen and oxygen atoms in total. The van der Waals surface area contributed by atoms with Gasteiger partial charge >= 0.3 is 0 Å². The van der Waals surface area contributed by atoms with Gasteiger partial charge in [0.05, 0.1) is 17.3 Å². The third-order valence-electron chi connectivity index (χ3n) is 3.50. The number of benzene rings is 1. The van der Waals surface area contributed by atoms with E-state index in [9.17, 15) is 4.79 Å². The van der Waals surface area contributed by atoms with Crippen LogP contribution >= 0.6 is 11.6 Å². The minimum absolute atomic E-state index is 0.0330. The fourth-order valence-electron chi connectivity index (χ4n) is 2.27. The Morgan fingerprint density at radius 1 is 1.33 bits per heavy atom. The molecule has 1 N–H and O–H groups in total. The zero-order valence-corrected chi connectivity index (χ0v) is 13.3. The van der Waals surface area contributed by atoms with Gasteiger partial charge in [0.25, 0.3) is 5.91 Å². The molecule has 1 atom stereocenters. The van der Waals surface area contributed by atoms with Gasteiger partial charge in [-0.25, -0.2) is 0 Å². The summed E-state index contributed by atoms with van der Waals surface area (Å²) in [6, 6.07) is 8.15. The van der Waals surface area contributed by atoms with Crippen LogP contribution in [0.25, 0.3) is 0 Å². The van der Waals surface area contributed by atoms with Gasteiger partial charge in [-0.2, -0.15) is 5.10 Å². The first-order valence-corrected chi connectivity index (χ1v) is 7.53. The Morgan fingerprint density at radius 3 is 2.57 bits per heavy atom. The molecule has 0 aliphatic carbocycles. The molecule has 1 aromatic carbocycles. The number of carbonyl (C=O) groups excluding carboxylic acids is 1. The lowest BCUT2D eigenvalue weighted by Crippen LogP contribution is -2.30. The van der Waals surface area contributed by atoms with E-state index in [4.69, 9.17) is 11.6 Å². The summed E-state index contributed by atoms with van der Waals surface area (Å²) < 4.78 is 1.61. The standard InChI is InChI=1S/C16H20ClN3O/c1-4-14(12-8-6-11(3)7-9-12)19-16(21)15-13(17)10-18-20(15)5-2/h6-10,14H,4-5H2,1-3H3,(H,19,21). The molecule has 0 radical (unpaired) electrons. The first-order chi connectivity index (χ1) is 10.1. The summed E-state index contributed by atoms with van der Waals surface area (Å²) in [5, 5.41) is 7.52. The van der Waals surface area contributed by atoms with Crippen LogP contribution in [0.2, 0.25) is 5.02 Å². The lowest BCUT2D eigenvalue weighted by atomic mass is 10.0. The van der Waals surface area contributed by atoms with Crippen LogP contribution < -0.4 is 5.32 Å². The van der Waals surface area contributed by atoms with E-state index in [0.717, 1.165) is 12.0 Å². The normalized spacial score (nSPS) is 12.2. The summed E-state index contributed by atoms with van der Waals surface area (Å²) in [7, 11) is 0. The third-order valence-corrected chi connectivity index (χ3v) is 3.78. The second kappa shape index (κ2) is 6.76. The number of carbonyl (C=O) groups is 1. The molecule has 1 unspecified atom stereocenters. The van der Waals surface area contributed by atoms with Crippen LogP contribution in [0.5, 0.6) is 0 Å². The Hall–Kier alpha value is -1.81. The van der Waals surface area contributed by atoms with Gasteiger partial charge in [-0.05, 0) is 25.8 Å². The van der Waals surface area contributed by atoms with Crippen LogP contribution in [0.4, 0.5) is 0 Å². The molecule has 0 aliphatic heterocycles. The molecule has 21 heavy (non-hydrogen) atoms. The van der Waals surface area contributed by atoms with Crippen LogP contribution in [-0.2, 0) is 6.54 Å². The van der Waals surface area contributed by atoms with Gasteiger partial charge < -0.3 is 5.32 Å². The number of aromatic nitrogens is 2. The summed E-state index contributed by atoms with van der Waals surface area (Å²) in [4.78, 5) is 12.5. The van der Waals surface area contributed by atoms with Crippen molar-refractivity contribution >= 4 is 17.5 Å². The topological polar surface area (TPSA) is 46.9 Å². The lowest BCUT2D eigenvalue weighted by molar-refractivity contribution is 0.0925. The minimum atomic E-state index is -0.188. The van der Waals surface area contributed by atoms with Crippen molar-refractivity contribution < 1.29 is 4.79 Å². The molecule has 0 aliphatic rings. The monoisotopic (exact) mass is 305 g/mol. The van der Waals surface area contributed by atoms with Crippen molar-refractivity contribution in [2.24, 2.45) is 0 Å². The van der Waals surface area contributed by atoms with Crippen molar-refractivity contribution in [3.8, 4) is 0 Å². The average Bonchev–Trinajstić information content (AvgIpc) is 2.86. The minimum Gasteiger partial charge on any atom is -0.344 e. The molecule has 5 heteroatoms. The molecule has 0 bridgehead atoms. The maximum atomic E-state index is 12.5. The predicted molar refractivity (Wildman–Crippen MR) is 84.6 cm³/mol. The van der Waals surface area contributed by atoms with Gasteiger partial charge in [0.15, 0.2) is 0 Å². The highest BCUT2D eigenvalue weighted by Gasteiger charge is 2.20. The first kappa shape index (κ1) is 15.6. The Balaban J connectivity index is 2.20. The van der Waals surface area contributed by atoms with E-state index >= 15 is 0 Å². The summed E-state index contributed by atoms with van der Waals surface area (Å²) in [6.07, 6.45) is 2.32. The Bertz CT molecular complexity index is 619. The van der Waals surface area contributed by atoms with E-state index in [0.29, 0.717) is 17.3 Å². The van der Waals surface area contributed by atoms with Gasteiger partial charge in [0.1, 0.15) is 5.69 Å². The molecule has 0 saturated heterocycles. The predicted octanol–water partition coefficient (Wildman–Crippen LogP) is 3.75. The van der Waals surface area contributed by atoms with Gasteiger partial charge in [-0.1, -0.05) is 48.4 Å². The Morgan fingerprint density at radius 2 is 2.00 bits per heavy atom. The molecular formula is C16H20ClN3O. The molecule has 1 heterocycles. The molecule has 1 amide bonds. The fraction of sp³-hybridized carbons (Fsp3) is 0.375. The van der Waals surface area contributed by atoms with Crippen molar-refractivity contribution in [2.75, 3.05) is 0 Å². The molecule has 0 fully saturated rings. The van der Waals surface area contributed by atoms with Gasteiger partial charge in [-0.3, -0.25) is 9.48 Å². The zero-order chi connectivity index (χ0) is 15.4. The van der Waals surface area contributed by atoms with Crippen molar-refractivity contribution in [2.45, 2.75) is 39.8 Å². The number of halogens is 1. The molecule has 112 valence electrons. The van der Waals surface area contributed by atoms with Crippen LogP contribution in [0.1, 0.15) is 47.9 Å². The van der Waals surface area contributed by atoms with Crippen molar-refractivity contribution in [3.05, 3.63) is 52.3 Å². The smallest absolute Gasteiger partial charge is 0.271 e. The highest BCUT2D eigenvalue weighted by Crippen LogP contribution is 2.20. The zero-order valence-electron chi connectivity index (χ0n) is 12.6. The summed E-state index contributed by atoms with van der Waals surface area (Å²) in [5.74, 6) is -0.188. The number of nitrogens with zero attached hydrogens (tertiary/aromatic N) is 2. The van der Waals surface area contributed by atoms with Crippen LogP contribution in [0.3, 0.4) is 0 Å². The molecule has 2 rings (SSSR count). The van der Waals surface area contributed by atoms with Crippen LogP contribution in [0.15, 0.2) is 30.5 Å². The number of hydrogen-bond acceptors (Lipinski definition) is 2. The summed E-state index contributed by atoms with van der Waals surface area (Å²) in [5.41, 5.74) is 2.71. The van der Waals surface area contributed by atoms with E-state index < -0.39 is 0 Å². The second-order valence-corrected chi connectivity index (χ2v) is 5.41. The number of aryl methyl sites for hydroxylation is 2. The van der Waals surface area contributed by atoms with Crippen molar-refractivity contribution in [1.29, 1.82) is 0 Å². The van der Waals surface area contributed by atoms with Crippen molar-refractivity contribution in [1.82, 2.24) is 15.1 Å².